The number of nitrogens with one attached hydrogen (secondary N) is 1. The van der Waals surface area contributed by atoms with Gasteiger partial charge in [-0.2, -0.15) is 0 Å². The number of thiophene rings is 1. The van der Waals surface area contributed by atoms with E-state index < -0.39 is 0 Å². The fraction of sp³-hybridized carbons (Fsp3) is 0.615. The highest BCUT2D eigenvalue weighted by molar-refractivity contribution is 7.13. The predicted molar refractivity (Wildman–Crippen MR) is 73.0 cm³/mol. The number of hydrogen-bond acceptors (Lipinski definition) is 2. The summed E-state index contributed by atoms with van der Waals surface area (Å²) in [6, 6.07) is 3.87. The van der Waals surface area contributed by atoms with Crippen LogP contribution in [-0.2, 0) is 0 Å². The Morgan fingerprint density at radius 3 is 3.00 bits per heavy atom. The number of amides is 1. The van der Waals surface area contributed by atoms with Crippen LogP contribution in [0.15, 0.2) is 12.1 Å². The summed E-state index contributed by atoms with van der Waals surface area (Å²) in [5, 5.41) is 3.32. The average molecular weight is 272 g/mol. The number of carbonyl (C=O) groups excluding carboxylic acids is 1. The van der Waals surface area contributed by atoms with Gasteiger partial charge in [0.2, 0.25) is 0 Å². The molecule has 1 fully saturated rings. The Hall–Kier alpha value is -0.540. The lowest BCUT2D eigenvalue weighted by molar-refractivity contribution is 0.0948. The molecule has 0 bridgehead atoms. The second-order valence-corrected chi connectivity index (χ2v) is 6.66. The maximum Gasteiger partial charge on any atom is 0.261 e. The van der Waals surface area contributed by atoms with Crippen LogP contribution in [0.1, 0.15) is 40.2 Å². The lowest BCUT2D eigenvalue weighted by atomic mass is 9.89. The topological polar surface area (TPSA) is 29.1 Å². The van der Waals surface area contributed by atoms with Crippen molar-refractivity contribution in [1.29, 1.82) is 0 Å². The number of alkyl halides is 1. The second-order valence-electron chi connectivity index (χ2n) is 4.75. The van der Waals surface area contributed by atoms with Crippen molar-refractivity contribution in [3.8, 4) is 0 Å². The third-order valence-electron chi connectivity index (χ3n) is 3.23. The van der Waals surface area contributed by atoms with E-state index in [1.807, 2.05) is 19.1 Å². The molecule has 1 aliphatic rings. The van der Waals surface area contributed by atoms with Crippen molar-refractivity contribution in [2.24, 2.45) is 5.92 Å². The van der Waals surface area contributed by atoms with Crippen LogP contribution in [0.5, 0.6) is 0 Å². The Kier molecular flexibility index (Phi) is 4.46. The summed E-state index contributed by atoms with van der Waals surface area (Å²) in [4.78, 5) is 13.8. The summed E-state index contributed by atoms with van der Waals surface area (Å²) in [7, 11) is 0. The molecule has 1 aliphatic carbocycles. The van der Waals surface area contributed by atoms with Crippen LogP contribution < -0.4 is 5.32 Å². The lowest BCUT2D eigenvalue weighted by Gasteiger charge is -2.25. The first-order valence-electron chi connectivity index (χ1n) is 6.14. The van der Waals surface area contributed by atoms with Gasteiger partial charge in [-0.15, -0.1) is 22.9 Å². The third-order valence-corrected chi connectivity index (χ3v) is 4.63. The van der Waals surface area contributed by atoms with E-state index in [1.54, 1.807) is 11.3 Å². The van der Waals surface area contributed by atoms with Gasteiger partial charge in [-0.05, 0) is 44.2 Å². The molecule has 94 valence electrons. The smallest absolute Gasteiger partial charge is 0.261 e. The minimum absolute atomic E-state index is 0.0554. The molecule has 2 atom stereocenters. The fourth-order valence-corrected chi connectivity index (χ4v) is 3.48. The molecule has 1 heterocycles. The number of hydrogen-bond donors (Lipinski definition) is 1. The number of rotatable bonds is 3. The summed E-state index contributed by atoms with van der Waals surface area (Å²) in [6.07, 6.45) is 4.53. The van der Waals surface area contributed by atoms with Crippen LogP contribution in [0.2, 0.25) is 0 Å². The van der Waals surface area contributed by atoms with Crippen LogP contribution >= 0.6 is 22.9 Å². The van der Waals surface area contributed by atoms with Gasteiger partial charge in [-0.3, -0.25) is 4.79 Å². The third kappa shape index (κ3) is 3.71. The van der Waals surface area contributed by atoms with E-state index in [4.69, 9.17) is 11.6 Å². The van der Waals surface area contributed by atoms with Crippen LogP contribution in [-0.4, -0.2) is 17.8 Å². The van der Waals surface area contributed by atoms with Crippen molar-refractivity contribution in [1.82, 2.24) is 5.32 Å². The van der Waals surface area contributed by atoms with Gasteiger partial charge < -0.3 is 5.32 Å². The highest BCUT2D eigenvalue weighted by atomic mass is 35.5. The predicted octanol–water partition coefficient (Wildman–Crippen LogP) is 3.58. The maximum absolute atomic E-state index is 11.8. The number of aryl methyl sites for hydroxylation is 1. The molecule has 0 saturated heterocycles. The quantitative estimate of drug-likeness (QED) is 0.837. The second kappa shape index (κ2) is 5.87. The Morgan fingerprint density at radius 1 is 1.53 bits per heavy atom. The Morgan fingerprint density at radius 2 is 2.35 bits per heavy atom. The number of carbonyl (C=O) groups is 1. The van der Waals surface area contributed by atoms with Gasteiger partial charge in [0.15, 0.2) is 0 Å². The van der Waals surface area contributed by atoms with Gasteiger partial charge in [0.05, 0.1) is 4.88 Å². The van der Waals surface area contributed by atoms with Gasteiger partial charge in [0.25, 0.3) is 5.91 Å². The lowest BCUT2D eigenvalue weighted by Crippen LogP contribution is -2.31. The van der Waals surface area contributed by atoms with Crippen molar-refractivity contribution >= 4 is 28.8 Å². The van der Waals surface area contributed by atoms with E-state index in [2.05, 4.69) is 5.32 Å². The molecule has 1 aromatic heterocycles. The van der Waals surface area contributed by atoms with E-state index in [9.17, 15) is 4.79 Å². The van der Waals surface area contributed by atoms with Crippen LogP contribution in [0, 0.1) is 12.8 Å². The van der Waals surface area contributed by atoms with Crippen molar-refractivity contribution in [3.63, 3.8) is 0 Å². The first-order valence-corrected chi connectivity index (χ1v) is 7.39. The molecule has 0 aliphatic heterocycles. The largest absolute Gasteiger partial charge is 0.351 e. The molecule has 1 saturated carbocycles. The van der Waals surface area contributed by atoms with Crippen LogP contribution in [0.4, 0.5) is 0 Å². The molecule has 2 nitrogen and oxygen atoms in total. The summed E-state index contributed by atoms with van der Waals surface area (Å²) < 4.78 is 0. The van der Waals surface area contributed by atoms with Gasteiger partial charge in [0, 0.05) is 16.8 Å². The van der Waals surface area contributed by atoms with Gasteiger partial charge in [-0.1, -0.05) is 6.42 Å². The zero-order chi connectivity index (χ0) is 12.3. The number of halogens is 1. The van der Waals surface area contributed by atoms with E-state index in [1.165, 1.54) is 17.7 Å². The first-order chi connectivity index (χ1) is 8.15. The summed E-state index contributed by atoms with van der Waals surface area (Å²) in [5.41, 5.74) is 0. The van der Waals surface area contributed by atoms with E-state index >= 15 is 0 Å². The monoisotopic (exact) mass is 271 g/mol. The molecular formula is C13H18ClNOS. The highest BCUT2D eigenvalue weighted by Gasteiger charge is 2.20. The summed E-state index contributed by atoms with van der Waals surface area (Å²) >= 11 is 7.68. The molecule has 1 amide bonds. The molecule has 17 heavy (non-hydrogen) atoms. The molecular weight excluding hydrogens is 254 g/mol. The Balaban J connectivity index is 1.80. The van der Waals surface area contributed by atoms with Gasteiger partial charge >= 0.3 is 0 Å². The molecule has 1 aromatic rings. The minimum atomic E-state index is 0.0554. The highest BCUT2D eigenvalue weighted by Crippen LogP contribution is 2.27. The molecule has 2 unspecified atom stereocenters. The molecule has 2 rings (SSSR count). The van der Waals surface area contributed by atoms with Crippen LogP contribution in [0.3, 0.4) is 0 Å². The fourth-order valence-electron chi connectivity index (χ4n) is 2.29. The van der Waals surface area contributed by atoms with Crippen molar-refractivity contribution < 1.29 is 4.79 Å². The molecule has 0 spiro atoms. The molecule has 4 heteroatoms. The summed E-state index contributed by atoms with van der Waals surface area (Å²) in [5.74, 6) is 0.607. The van der Waals surface area contributed by atoms with Crippen molar-refractivity contribution in [3.05, 3.63) is 21.9 Å². The van der Waals surface area contributed by atoms with E-state index in [0.29, 0.717) is 11.3 Å². The average Bonchev–Trinajstić information content (AvgIpc) is 2.73. The van der Waals surface area contributed by atoms with Gasteiger partial charge in [-0.25, -0.2) is 0 Å². The SMILES string of the molecule is Cc1ccc(C(=O)NCC2CCCC(Cl)C2)s1. The summed E-state index contributed by atoms with van der Waals surface area (Å²) in [6.45, 7) is 2.78. The zero-order valence-electron chi connectivity index (χ0n) is 10.0. The molecule has 1 N–H and O–H groups in total. The Bertz CT molecular complexity index is 391. The van der Waals surface area contributed by atoms with Crippen molar-refractivity contribution in [2.75, 3.05) is 6.54 Å². The normalized spacial score (nSPS) is 24.6. The standard InChI is InChI=1S/C13H18ClNOS/c1-9-5-6-12(17-9)13(16)15-8-10-3-2-4-11(14)7-10/h5-6,10-11H,2-4,7-8H2,1H3,(H,15,16). The molecule has 0 radical (unpaired) electrons. The van der Waals surface area contributed by atoms with Crippen LogP contribution in [0.25, 0.3) is 0 Å². The van der Waals surface area contributed by atoms with Gasteiger partial charge in [0.1, 0.15) is 0 Å². The van der Waals surface area contributed by atoms with E-state index in [-0.39, 0.29) is 5.91 Å². The minimum Gasteiger partial charge on any atom is -0.351 e. The zero-order valence-corrected chi connectivity index (χ0v) is 11.6. The first kappa shape index (κ1) is 12.9. The Labute approximate surface area is 111 Å². The van der Waals surface area contributed by atoms with Crippen molar-refractivity contribution in [2.45, 2.75) is 38.0 Å². The molecule has 0 aromatic carbocycles. The van der Waals surface area contributed by atoms with E-state index in [0.717, 1.165) is 24.3 Å². The maximum atomic E-state index is 11.8.